The molecule has 0 amide bonds. The van der Waals surface area contributed by atoms with Gasteiger partial charge >= 0.3 is 0 Å². The van der Waals surface area contributed by atoms with Crippen LogP contribution in [0.3, 0.4) is 0 Å². The molecule has 1 nitrogen and oxygen atoms in total. The molecule has 0 unspecified atom stereocenters. The molecule has 1 aliphatic carbocycles. The van der Waals surface area contributed by atoms with E-state index in [0.717, 1.165) is 31.1 Å². The largest absolute Gasteiger partial charge is 0.298 e. The van der Waals surface area contributed by atoms with E-state index < -0.39 is 0 Å². The normalized spacial score (nSPS) is 22.5. The highest BCUT2D eigenvalue weighted by atomic mass is 16.1. The molecule has 0 heterocycles. The molecule has 1 atom stereocenters. The van der Waals surface area contributed by atoms with Gasteiger partial charge in [0.25, 0.3) is 0 Å². The van der Waals surface area contributed by atoms with Crippen molar-refractivity contribution < 1.29 is 4.79 Å². The molecule has 0 bridgehead atoms. The van der Waals surface area contributed by atoms with Gasteiger partial charge < -0.3 is 0 Å². The molecule has 0 spiro atoms. The van der Waals surface area contributed by atoms with E-state index in [2.05, 4.69) is 12.3 Å². The molecule has 13 heavy (non-hydrogen) atoms. The molecule has 1 rings (SSSR count). The Morgan fingerprint density at radius 3 is 2.92 bits per heavy atom. The van der Waals surface area contributed by atoms with Gasteiger partial charge in [-0.25, -0.2) is 0 Å². The molecule has 70 valence electrons. The molecule has 0 aromatic carbocycles. The predicted molar refractivity (Wildman–Crippen MR) is 54.4 cm³/mol. The first-order chi connectivity index (χ1) is 6.19. The number of rotatable bonds is 2. The Labute approximate surface area is 79.8 Å². The molecule has 0 saturated carbocycles. The smallest absolute Gasteiger partial charge is 0.145 e. The van der Waals surface area contributed by atoms with Crippen molar-refractivity contribution in [1.82, 2.24) is 0 Å². The number of carbonyl (C=O) groups is 1. The van der Waals surface area contributed by atoms with E-state index >= 15 is 0 Å². The lowest BCUT2D eigenvalue weighted by atomic mass is 9.81. The van der Waals surface area contributed by atoms with Crippen LogP contribution in [0.25, 0.3) is 0 Å². The van der Waals surface area contributed by atoms with Crippen LogP contribution < -0.4 is 0 Å². The zero-order valence-electron chi connectivity index (χ0n) is 8.39. The summed E-state index contributed by atoms with van der Waals surface area (Å²) >= 11 is 0. The number of aldehydes is 1. The first-order valence-corrected chi connectivity index (χ1v) is 4.69. The van der Waals surface area contributed by atoms with E-state index in [-0.39, 0.29) is 0 Å². The number of allylic oxidation sites excluding steroid dienone is 3. The standard InChI is InChI=1S/C12H16O/c1-4-9(2)11-6-5-10(3)12(7-11)8-13/h8,11H,1,5-7H2,2-3H3/t11-/m1/s1. The Morgan fingerprint density at radius 1 is 1.69 bits per heavy atom. The van der Waals surface area contributed by atoms with Crippen LogP contribution in [0.15, 0.2) is 29.0 Å². The lowest BCUT2D eigenvalue weighted by Crippen LogP contribution is -2.11. The summed E-state index contributed by atoms with van der Waals surface area (Å²) in [6, 6.07) is 0. The molecule has 0 N–H and O–H groups in total. The second kappa shape index (κ2) is 4.25. The van der Waals surface area contributed by atoms with Gasteiger partial charge in [-0.2, -0.15) is 0 Å². The van der Waals surface area contributed by atoms with Crippen LogP contribution in [-0.4, -0.2) is 6.29 Å². The highest BCUT2D eigenvalue weighted by Gasteiger charge is 2.19. The SMILES string of the molecule is C=C=C(C)[C@@H]1CCC(C)=C(C=O)C1. The minimum Gasteiger partial charge on any atom is -0.298 e. The number of carbonyl (C=O) groups excluding carboxylic acids is 1. The van der Waals surface area contributed by atoms with Crippen molar-refractivity contribution >= 4 is 6.29 Å². The Balaban J connectivity index is 2.81. The van der Waals surface area contributed by atoms with Gasteiger partial charge in [-0.15, -0.1) is 5.73 Å². The first-order valence-electron chi connectivity index (χ1n) is 4.69. The van der Waals surface area contributed by atoms with Gasteiger partial charge in [0.05, 0.1) is 0 Å². The maximum absolute atomic E-state index is 10.7. The van der Waals surface area contributed by atoms with Gasteiger partial charge in [0.15, 0.2) is 0 Å². The molecule has 1 heteroatoms. The molecule has 0 aliphatic heterocycles. The number of hydrogen-bond acceptors (Lipinski definition) is 1. The van der Waals surface area contributed by atoms with Gasteiger partial charge in [-0.1, -0.05) is 12.2 Å². The third kappa shape index (κ3) is 2.19. The molecule has 0 fully saturated rings. The van der Waals surface area contributed by atoms with Gasteiger partial charge in [-0.3, -0.25) is 4.79 Å². The fourth-order valence-corrected chi connectivity index (χ4v) is 1.76. The van der Waals surface area contributed by atoms with Gasteiger partial charge in [0.2, 0.25) is 0 Å². The predicted octanol–water partition coefficient (Wildman–Crippen LogP) is 3.03. The van der Waals surface area contributed by atoms with Crippen molar-refractivity contribution in [2.24, 2.45) is 5.92 Å². The first kappa shape index (κ1) is 10.0. The van der Waals surface area contributed by atoms with Crippen LogP contribution in [0.2, 0.25) is 0 Å². The van der Waals surface area contributed by atoms with E-state index in [0.29, 0.717) is 5.92 Å². The van der Waals surface area contributed by atoms with Crippen molar-refractivity contribution in [3.8, 4) is 0 Å². The third-order valence-electron chi connectivity index (χ3n) is 2.92. The highest BCUT2D eigenvalue weighted by Crippen LogP contribution is 2.32. The summed E-state index contributed by atoms with van der Waals surface area (Å²) in [5.41, 5.74) is 6.34. The molecule has 0 radical (unpaired) electrons. The van der Waals surface area contributed by atoms with Gasteiger partial charge in [0.1, 0.15) is 6.29 Å². The molecular formula is C12H16O. The minimum absolute atomic E-state index is 0.487. The van der Waals surface area contributed by atoms with E-state index in [4.69, 9.17) is 0 Å². The maximum Gasteiger partial charge on any atom is 0.145 e. The van der Waals surface area contributed by atoms with Crippen LogP contribution in [0.1, 0.15) is 33.1 Å². The summed E-state index contributed by atoms with van der Waals surface area (Å²) in [4.78, 5) is 10.7. The van der Waals surface area contributed by atoms with E-state index in [1.165, 1.54) is 11.1 Å². The van der Waals surface area contributed by atoms with Gasteiger partial charge in [0, 0.05) is 0 Å². The molecular weight excluding hydrogens is 160 g/mol. The number of hydrogen-bond donors (Lipinski definition) is 0. The Kier molecular flexibility index (Phi) is 3.27. The summed E-state index contributed by atoms with van der Waals surface area (Å²) in [7, 11) is 0. The van der Waals surface area contributed by atoms with E-state index in [1.807, 2.05) is 13.8 Å². The Bertz CT molecular complexity index is 290. The summed E-state index contributed by atoms with van der Waals surface area (Å²) < 4.78 is 0. The third-order valence-corrected chi connectivity index (χ3v) is 2.92. The summed E-state index contributed by atoms with van der Waals surface area (Å²) in [6.45, 7) is 7.73. The summed E-state index contributed by atoms with van der Waals surface area (Å²) in [6.07, 6.45) is 4.05. The quantitative estimate of drug-likeness (QED) is 0.467. The molecule has 0 saturated heterocycles. The zero-order chi connectivity index (χ0) is 9.84. The van der Waals surface area contributed by atoms with Crippen molar-refractivity contribution in [2.45, 2.75) is 33.1 Å². The summed E-state index contributed by atoms with van der Waals surface area (Å²) in [5, 5.41) is 0. The average molecular weight is 176 g/mol. The van der Waals surface area contributed by atoms with E-state index in [9.17, 15) is 4.79 Å². The average Bonchev–Trinajstić information content (AvgIpc) is 2.17. The highest BCUT2D eigenvalue weighted by molar-refractivity contribution is 5.74. The zero-order valence-corrected chi connectivity index (χ0v) is 8.39. The Hall–Kier alpha value is -1.07. The lowest BCUT2D eigenvalue weighted by Gasteiger charge is -2.23. The molecule has 0 aromatic rings. The Morgan fingerprint density at radius 2 is 2.38 bits per heavy atom. The van der Waals surface area contributed by atoms with Crippen LogP contribution >= 0.6 is 0 Å². The van der Waals surface area contributed by atoms with Crippen LogP contribution in [0, 0.1) is 5.92 Å². The monoisotopic (exact) mass is 176 g/mol. The second-order valence-corrected chi connectivity index (χ2v) is 3.72. The fourth-order valence-electron chi connectivity index (χ4n) is 1.76. The minimum atomic E-state index is 0.487. The van der Waals surface area contributed by atoms with Crippen molar-refractivity contribution in [2.75, 3.05) is 0 Å². The van der Waals surface area contributed by atoms with Crippen LogP contribution in [-0.2, 0) is 4.79 Å². The van der Waals surface area contributed by atoms with Crippen molar-refractivity contribution in [3.63, 3.8) is 0 Å². The van der Waals surface area contributed by atoms with E-state index in [1.54, 1.807) is 0 Å². The van der Waals surface area contributed by atoms with Crippen molar-refractivity contribution in [1.29, 1.82) is 0 Å². The molecule has 0 aromatic heterocycles. The topological polar surface area (TPSA) is 17.1 Å². The maximum atomic E-state index is 10.7. The summed E-state index contributed by atoms with van der Waals surface area (Å²) in [5.74, 6) is 0.487. The second-order valence-electron chi connectivity index (χ2n) is 3.72. The fraction of sp³-hybridized carbons (Fsp3) is 0.500. The van der Waals surface area contributed by atoms with Crippen LogP contribution in [0.5, 0.6) is 0 Å². The van der Waals surface area contributed by atoms with Crippen LogP contribution in [0.4, 0.5) is 0 Å². The molecule has 1 aliphatic rings. The van der Waals surface area contributed by atoms with Gasteiger partial charge in [-0.05, 0) is 50.2 Å². The lowest BCUT2D eigenvalue weighted by molar-refractivity contribution is -0.105. The van der Waals surface area contributed by atoms with Crippen molar-refractivity contribution in [3.05, 3.63) is 29.0 Å².